The molecule has 0 heterocycles. The molecule has 1 N–H and O–H groups in total. The molecule has 0 aliphatic rings. The molecule has 1 unspecified atom stereocenters. The third-order valence-corrected chi connectivity index (χ3v) is 1.73. The predicted molar refractivity (Wildman–Crippen MR) is 54.6 cm³/mol. The van der Waals surface area contributed by atoms with Crippen LogP contribution in [0.1, 0.15) is 20.3 Å². The molecule has 1 atom stereocenters. The number of hydrogen-bond donors (Lipinski definition) is 1. The van der Waals surface area contributed by atoms with Gasteiger partial charge in [-0.25, -0.2) is 4.79 Å². The van der Waals surface area contributed by atoms with Crippen LogP contribution in [0.2, 0.25) is 0 Å². The first kappa shape index (κ1) is 14.3. The minimum Gasteiger partial charge on any atom is -0.467 e. The van der Waals surface area contributed by atoms with E-state index in [9.17, 15) is 9.90 Å². The molecule has 90 valence electrons. The highest BCUT2D eigenvalue weighted by Gasteiger charge is 2.31. The molecular formula is C10H20O5. The van der Waals surface area contributed by atoms with Gasteiger partial charge in [0.05, 0.1) is 26.9 Å². The summed E-state index contributed by atoms with van der Waals surface area (Å²) in [5, 5.41) is 9.55. The van der Waals surface area contributed by atoms with Gasteiger partial charge in [0, 0.05) is 6.61 Å². The van der Waals surface area contributed by atoms with E-state index in [-0.39, 0.29) is 6.61 Å². The van der Waals surface area contributed by atoms with Crippen LogP contribution in [-0.2, 0) is 19.0 Å². The Hall–Kier alpha value is -0.650. The quantitative estimate of drug-likeness (QED) is 0.472. The van der Waals surface area contributed by atoms with Crippen molar-refractivity contribution in [3.05, 3.63) is 0 Å². The van der Waals surface area contributed by atoms with Gasteiger partial charge in [-0.3, -0.25) is 0 Å². The van der Waals surface area contributed by atoms with Gasteiger partial charge in [0.15, 0.2) is 5.60 Å². The van der Waals surface area contributed by atoms with Gasteiger partial charge < -0.3 is 19.3 Å². The van der Waals surface area contributed by atoms with Crippen molar-refractivity contribution in [2.24, 2.45) is 0 Å². The third kappa shape index (κ3) is 6.43. The largest absolute Gasteiger partial charge is 0.467 e. The number of ether oxygens (including phenoxy) is 3. The first-order valence-electron chi connectivity index (χ1n) is 5.01. The molecule has 0 aromatic carbocycles. The molecule has 0 rings (SSSR count). The molecule has 15 heavy (non-hydrogen) atoms. The van der Waals surface area contributed by atoms with E-state index in [0.717, 1.165) is 6.42 Å². The molecule has 0 fully saturated rings. The first-order valence-corrected chi connectivity index (χ1v) is 5.01. The van der Waals surface area contributed by atoms with Crippen molar-refractivity contribution in [2.75, 3.05) is 33.5 Å². The maximum absolute atomic E-state index is 11.0. The summed E-state index contributed by atoms with van der Waals surface area (Å²) in [5.41, 5.74) is -1.58. The highest BCUT2D eigenvalue weighted by atomic mass is 16.6. The fourth-order valence-corrected chi connectivity index (χ4v) is 0.914. The van der Waals surface area contributed by atoms with E-state index in [0.29, 0.717) is 19.8 Å². The van der Waals surface area contributed by atoms with E-state index in [1.54, 1.807) is 0 Å². The van der Waals surface area contributed by atoms with Gasteiger partial charge in [-0.1, -0.05) is 6.92 Å². The molecule has 5 heteroatoms. The molecule has 5 nitrogen and oxygen atoms in total. The van der Waals surface area contributed by atoms with Crippen LogP contribution < -0.4 is 0 Å². The molecule has 0 aliphatic carbocycles. The number of aliphatic hydroxyl groups is 1. The monoisotopic (exact) mass is 220 g/mol. The van der Waals surface area contributed by atoms with Crippen LogP contribution in [-0.4, -0.2) is 50.2 Å². The SMILES string of the molecule is CCCOCCOCC(C)(O)C(=O)OC. The van der Waals surface area contributed by atoms with E-state index in [2.05, 4.69) is 4.74 Å². The molecule has 0 aromatic rings. The number of carbonyl (C=O) groups excluding carboxylic acids is 1. The van der Waals surface area contributed by atoms with Crippen molar-refractivity contribution in [3.8, 4) is 0 Å². The summed E-state index contributed by atoms with van der Waals surface area (Å²) in [6.07, 6.45) is 0.958. The first-order chi connectivity index (χ1) is 7.04. The normalized spacial score (nSPS) is 14.7. The fourth-order valence-electron chi connectivity index (χ4n) is 0.914. The van der Waals surface area contributed by atoms with Crippen molar-refractivity contribution in [1.82, 2.24) is 0 Å². The topological polar surface area (TPSA) is 65.0 Å². The van der Waals surface area contributed by atoms with E-state index in [4.69, 9.17) is 9.47 Å². The number of hydrogen-bond acceptors (Lipinski definition) is 5. The lowest BCUT2D eigenvalue weighted by molar-refractivity contribution is -0.167. The number of rotatable bonds is 8. The van der Waals surface area contributed by atoms with Gasteiger partial charge in [0.1, 0.15) is 0 Å². The zero-order chi connectivity index (χ0) is 11.7. The zero-order valence-corrected chi connectivity index (χ0v) is 9.62. The van der Waals surface area contributed by atoms with Gasteiger partial charge in [0.2, 0.25) is 0 Å². The smallest absolute Gasteiger partial charge is 0.339 e. The van der Waals surface area contributed by atoms with Crippen molar-refractivity contribution < 1.29 is 24.1 Å². The Balaban J connectivity index is 3.53. The average molecular weight is 220 g/mol. The third-order valence-electron chi connectivity index (χ3n) is 1.73. The van der Waals surface area contributed by atoms with E-state index >= 15 is 0 Å². The fraction of sp³-hybridized carbons (Fsp3) is 0.900. The minimum atomic E-state index is -1.58. The van der Waals surface area contributed by atoms with Gasteiger partial charge in [-0.05, 0) is 13.3 Å². The highest BCUT2D eigenvalue weighted by Crippen LogP contribution is 2.05. The summed E-state index contributed by atoms with van der Waals surface area (Å²) in [7, 11) is 1.22. The standard InChI is InChI=1S/C10H20O5/c1-4-5-14-6-7-15-8-10(2,12)9(11)13-3/h12H,4-8H2,1-3H3. The van der Waals surface area contributed by atoms with Crippen molar-refractivity contribution in [3.63, 3.8) is 0 Å². The van der Waals surface area contributed by atoms with Crippen LogP contribution in [0.25, 0.3) is 0 Å². The Kier molecular flexibility index (Phi) is 7.29. The summed E-state index contributed by atoms with van der Waals surface area (Å²) >= 11 is 0. The molecule has 0 aromatic heterocycles. The lowest BCUT2D eigenvalue weighted by atomic mass is 10.1. The Morgan fingerprint density at radius 1 is 1.27 bits per heavy atom. The molecular weight excluding hydrogens is 200 g/mol. The lowest BCUT2D eigenvalue weighted by Crippen LogP contribution is -2.41. The Labute approximate surface area is 90.3 Å². The van der Waals surface area contributed by atoms with E-state index in [1.807, 2.05) is 6.92 Å². The predicted octanol–water partition coefficient (Wildman–Crippen LogP) is 0.354. The second-order valence-electron chi connectivity index (χ2n) is 3.43. The molecule has 0 aliphatic heterocycles. The van der Waals surface area contributed by atoms with Gasteiger partial charge in [-0.2, -0.15) is 0 Å². The average Bonchev–Trinajstić information content (AvgIpc) is 2.22. The maximum Gasteiger partial charge on any atom is 0.339 e. The molecule has 0 spiro atoms. The van der Waals surface area contributed by atoms with Crippen LogP contribution in [0.3, 0.4) is 0 Å². The Morgan fingerprint density at radius 2 is 1.87 bits per heavy atom. The van der Waals surface area contributed by atoms with Gasteiger partial charge in [-0.15, -0.1) is 0 Å². The molecule has 0 amide bonds. The van der Waals surface area contributed by atoms with Crippen molar-refractivity contribution in [1.29, 1.82) is 0 Å². The number of methoxy groups -OCH3 is 1. The molecule has 0 bridgehead atoms. The van der Waals surface area contributed by atoms with Gasteiger partial charge in [0.25, 0.3) is 0 Å². The van der Waals surface area contributed by atoms with Crippen molar-refractivity contribution >= 4 is 5.97 Å². The Bertz CT molecular complexity index is 179. The summed E-state index contributed by atoms with van der Waals surface area (Å²) in [4.78, 5) is 11.0. The van der Waals surface area contributed by atoms with E-state index < -0.39 is 11.6 Å². The molecule has 0 radical (unpaired) electrons. The van der Waals surface area contributed by atoms with Crippen LogP contribution in [0.4, 0.5) is 0 Å². The van der Waals surface area contributed by atoms with Crippen LogP contribution in [0.15, 0.2) is 0 Å². The second-order valence-corrected chi connectivity index (χ2v) is 3.43. The maximum atomic E-state index is 11.0. The molecule has 0 saturated carbocycles. The Morgan fingerprint density at radius 3 is 2.40 bits per heavy atom. The highest BCUT2D eigenvalue weighted by molar-refractivity contribution is 5.78. The summed E-state index contributed by atoms with van der Waals surface area (Å²) in [6, 6.07) is 0. The summed E-state index contributed by atoms with van der Waals surface area (Å²) in [6.45, 7) is 4.79. The molecule has 0 saturated heterocycles. The van der Waals surface area contributed by atoms with E-state index in [1.165, 1.54) is 14.0 Å². The second kappa shape index (κ2) is 7.62. The summed E-state index contributed by atoms with van der Waals surface area (Å²) in [5.74, 6) is -0.697. The van der Waals surface area contributed by atoms with Crippen molar-refractivity contribution in [2.45, 2.75) is 25.9 Å². The number of carbonyl (C=O) groups is 1. The minimum absolute atomic E-state index is 0.0881. The zero-order valence-electron chi connectivity index (χ0n) is 9.62. The van der Waals surface area contributed by atoms with Crippen LogP contribution in [0.5, 0.6) is 0 Å². The van der Waals surface area contributed by atoms with Crippen LogP contribution in [0, 0.1) is 0 Å². The van der Waals surface area contributed by atoms with Crippen LogP contribution >= 0.6 is 0 Å². The summed E-state index contributed by atoms with van der Waals surface area (Å²) < 4.78 is 14.7. The number of esters is 1. The lowest BCUT2D eigenvalue weighted by Gasteiger charge is -2.19. The van der Waals surface area contributed by atoms with Gasteiger partial charge >= 0.3 is 5.97 Å².